The van der Waals surface area contributed by atoms with E-state index in [1.54, 1.807) is 6.07 Å². The third-order valence-electron chi connectivity index (χ3n) is 2.67. The number of hydrogen-bond donors (Lipinski definition) is 0. The zero-order valence-electron chi connectivity index (χ0n) is 10.8. The fourth-order valence-electron chi connectivity index (χ4n) is 1.71. The van der Waals surface area contributed by atoms with Crippen LogP contribution < -0.4 is 4.74 Å². The van der Waals surface area contributed by atoms with Crippen molar-refractivity contribution < 1.29 is 18.8 Å². The number of ether oxygens (including phenoxy) is 1. The minimum atomic E-state index is -0.679. The quantitative estimate of drug-likeness (QED) is 0.461. The molecule has 0 unspecified atom stereocenters. The molecule has 0 amide bonds. The molecule has 2 aromatic rings. The Morgan fingerprint density at radius 3 is 2.57 bits per heavy atom. The maximum Gasteiger partial charge on any atom is 0.283 e. The Morgan fingerprint density at radius 1 is 1.29 bits per heavy atom. The molecule has 0 saturated heterocycles. The van der Waals surface area contributed by atoms with Gasteiger partial charge in [-0.25, -0.2) is 4.39 Å². The third kappa shape index (κ3) is 3.43. The monoisotopic (exact) mass is 353 g/mol. The lowest BCUT2D eigenvalue weighted by atomic mass is 10.1. The summed E-state index contributed by atoms with van der Waals surface area (Å²) in [5.41, 5.74) is -0.402. The Kier molecular flexibility index (Phi) is 4.32. The van der Waals surface area contributed by atoms with Crippen LogP contribution in [0.25, 0.3) is 0 Å². The fraction of sp³-hybridized carbons (Fsp3) is 0.0714. The van der Waals surface area contributed by atoms with Crippen molar-refractivity contribution in [3.63, 3.8) is 0 Å². The summed E-state index contributed by atoms with van der Waals surface area (Å²) >= 11 is 3.12. The largest absolute Gasteiger partial charge is 0.454 e. The Balaban J connectivity index is 2.39. The van der Waals surface area contributed by atoms with E-state index in [0.717, 1.165) is 6.07 Å². The van der Waals surface area contributed by atoms with E-state index < -0.39 is 16.5 Å². The predicted octanol–water partition coefficient (Wildman–Crippen LogP) is 4.49. The number of carbonyl (C=O) groups is 1. The molecule has 0 aliphatic carbocycles. The van der Waals surface area contributed by atoms with Crippen molar-refractivity contribution in [1.29, 1.82) is 0 Å². The number of nitrogens with zero attached hydrogens (tertiary/aromatic N) is 1. The van der Waals surface area contributed by atoms with Gasteiger partial charge < -0.3 is 4.74 Å². The SMILES string of the molecule is CC(=O)c1ccc(Oc2ccc(Br)cc2F)cc1[N+](=O)[O-]. The van der Waals surface area contributed by atoms with E-state index in [2.05, 4.69) is 15.9 Å². The Hall–Kier alpha value is -2.28. The van der Waals surface area contributed by atoms with Crippen molar-refractivity contribution in [3.8, 4) is 11.5 Å². The molecule has 0 atom stereocenters. The molecule has 0 aliphatic rings. The molecule has 21 heavy (non-hydrogen) atoms. The Morgan fingerprint density at radius 2 is 2.00 bits per heavy atom. The van der Waals surface area contributed by atoms with E-state index in [0.29, 0.717) is 4.47 Å². The smallest absolute Gasteiger partial charge is 0.283 e. The summed E-state index contributed by atoms with van der Waals surface area (Å²) in [5, 5.41) is 11.0. The summed E-state index contributed by atoms with van der Waals surface area (Å²) in [5.74, 6) is -1.03. The summed E-state index contributed by atoms with van der Waals surface area (Å²) in [6.45, 7) is 1.23. The van der Waals surface area contributed by atoms with Crippen LogP contribution in [0.1, 0.15) is 17.3 Å². The van der Waals surface area contributed by atoms with Gasteiger partial charge in [-0.15, -0.1) is 0 Å². The normalized spacial score (nSPS) is 10.2. The molecule has 0 spiro atoms. The number of rotatable bonds is 4. The number of hydrogen-bond acceptors (Lipinski definition) is 4. The number of halogens is 2. The molecule has 0 bridgehead atoms. The molecule has 7 heteroatoms. The number of nitro groups is 1. The van der Waals surface area contributed by atoms with E-state index in [-0.39, 0.29) is 22.7 Å². The van der Waals surface area contributed by atoms with Gasteiger partial charge in [-0.1, -0.05) is 15.9 Å². The van der Waals surface area contributed by atoms with E-state index in [4.69, 9.17) is 4.74 Å². The highest BCUT2D eigenvalue weighted by Crippen LogP contribution is 2.30. The summed E-state index contributed by atoms with van der Waals surface area (Å²) < 4.78 is 19.5. The van der Waals surface area contributed by atoms with Crippen molar-refractivity contribution >= 4 is 27.4 Å². The van der Waals surface area contributed by atoms with Crippen LogP contribution in [-0.4, -0.2) is 10.7 Å². The molecule has 0 aromatic heterocycles. The second-order valence-electron chi connectivity index (χ2n) is 4.17. The van der Waals surface area contributed by atoms with E-state index in [1.807, 2.05) is 0 Å². The molecule has 0 aliphatic heterocycles. The van der Waals surface area contributed by atoms with Crippen LogP contribution in [0.5, 0.6) is 11.5 Å². The van der Waals surface area contributed by atoms with Crippen LogP contribution in [0.2, 0.25) is 0 Å². The Bertz CT molecular complexity index is 733. The van der Waals surface area contributed by atoms with Gasteiger partial charge in [-0.05, 0) is 37.3 Å². The first-order valence-electron chi connectivity index (χ1n) is 5.81. The molecule has 2 aromatic carbocycles. The van der Waals surface area contributed by atoms with Gasteiger partial charge in [0, 0.05) is 4.47 Å². The van der Waals surface area contributed by atoms with Crippen molar-refractivity contribution in [2.24, 2.45) is 0 Å². The van der Waals surface area contributed by atoms with Crippen LogP contribution in [0.3, 0.4) is 0 Å². The summed E-state index contributed by atoms with van der Waals surface area (Å²) in [6.07, 6.45) is 0. The zero-order chi connectivity index (χ0) is 15.6. The van der Waals surface area contributed by atoms with E-state index in [9.17, 15) is 19.3 Å². The lowest BCUT2D eigenvalue weighted by molar-refractivity contribution is -0.385. The van der Waals surface area contributed by atoms with Crippen LogP contribution in [0.15, 0.2) is 40.9 Å². The topological polar surface area (TPSA) is 69.4 Å². The highest BCUT2D eigenvalue weighted by atomic mass is 79.9. The standard InChI is InChI=1S/C14H9BrFNO4/c1-8(18)11-4-3-10(7-13(11)17(19)20)21-14-5-2-9(15)6-12(14)16/h2-7H,1H3. The molecule has 2 rings (SSSR count). The fourth-order valence-corrected chi connectivity index (χ4v) is 2.04. The van der Waals surface area contributed by atoms with Crippen LogP contribution in [0.4, 0.5) is 10.1 Å². The average molecular weight is 354 g/mol. The molecule has 0 heterocycles. The molecule has 5 nitrogen and oxygen atoms in total. The van der Waals surface area contributed by atoms with Gasteiger partial charge in [-0.3, -0.25) is 14.9 Å². The average Bonchev–Trinajstić information content (AvgIpc) is 2.41. The maximum atomic E-state index is 13.7. The van der Waals surface area contributed by atoms with Gasteiger partial charge in [0.05, 0.1) is 16.6 Å². The van der Waals surface area contributed by atoms with Gasteiger partial charge in [0.15, 0.2) is 17.3 Å². The molecular weight excluding hydrogens is 345 g/mol. The summed E-state index contributed by atoms with van der Waals surface area (Å²) in [7, 11) is 0. The molecule has 0 N–H and O–H groups in total. The predicted molar refractivity (Wildman–Crippen MR) is 77.3 cm³/mol. The van der Waals surface area contributed by atoms with Gasteiger partial charge >= 0.3 is 0 Å². The third-order valence-corrected chi connectivity index (χ3v) is 3.16. The van der Waals surface area contributed by atoms with E-state index >= 15 is 0 Å². The number of nitro benzene ring substituents is 1. The molecule has 108 valence electrons. The summed E-state index contributed by atoms with van der Waals surface area (Å²) in [4.78, 5) is 21.6. The van der Waals surface area contributed by atoms with Crippen LogP contribution in [-0.2, 0) is 0 Å². The molecule has 0 fully saturated rings. The molecule has 0 radical (unpaired) electrons. The van der Waals surface area contributed by atoms with Crippen molar-refractivity contribution in [2.45, 2.75) is 6.92 Å². The highest BCUT2D eigenvalue weighted by molar-refractivity contribution is 9.10. The lowest BCUT2D eigenvalue weighted by Gasteiger charge is -2.08. The van der Waals surface area contributed by atoms with Gasteiger partial charge in [0.25, 0.3) is 5.69 Å². The lowest BCUT2D eigenvalue weighted by Crippen LogP contribution is -2.00. The minimum absolute atomic E-state index is 0.0244. The van der Waals surface area contributed by atoms with Crippen LogP contribution in [0, 0.1) is 15.9 Å². The van der Waals surface area contributed by atoms with Gasteiger partial charge in [-0.2, -0.15) is 0 Å². The number of ketones is 1. The second kappa shape index (κ2) is 6.01. The maximum absolute atomic E-state index is 13.7. The zero-order valence-corrected chi connectivity index (χ0v) is 12.4. The summed E-state index contributed by atoms with van der Waals surface area (Å²) in [6, 6.07) is 7.95. The first-order chi connectivity index (χ1) is 9.88. The number of benzene rings is 2. The van der Waals surface area contributed by atoms with Gasteiger partial charge in [0.1, 0.15) is 5.75 Å². The van der Waals surface area contributed by atoms with Crippen molar-refractivity contribution in [1.82, 2.24) is 0 Å². The second-order valence-corrected chi connectivity index (χ2v) is 5.08. The number of carbonyl (C=O) groups excluding carboxylic acids is 1. The molecule has 0 saturated carbocycles. The number of Topliss-reactive ketones (excluding diaryl/α,β-unsaturated/α-hetero) is 1. The van der Waals surface area contributed by atoms with Crippen LogP contribution >= 0.6 is 15.9 Å². The van der Waals surface area contributed by atoms with E-state index in [1.165, 1.54) is 31.2 Å². The van der Waals surface area contributed by atoms with Crippen molar-refractivity contribution in [3.05, 3.63) is 62.4 Å². The minimum Gasteiger partial charge on any atom is -0.454 e. The van der Waals surface area contributed by atoms with Crippen molar-refractivity contribution in [2.75, 3.05) is 0 Å². The van der Waals surface area contributed by atoms with Gasteiger partial charge in [0.2, 0.25) is 0 Å². The first kappa shape index (κ1) is 15.1. The Labute approximate surface area is 127 Å². The highest BCUT2D eigenvalue weighted by Gasteiger charge is 2.19. The molecular formula is C14H9BrFNO4. The first-order valence-corrected chi connectivity index (χ1v) is 6.60.